The molecule has 22 heavy (non-hydrogen) atoms. The van der Waals surface area contributed by atoms with Gasteiger partial charge in [0.25, 0.3) is 0 Å². The monoisotopic (exact) mass is 312 g/mol. The molecule has 3 N–H and O–H groups in total. The largest absolute Gasteiger partial charge is 0.481 e. The molecule has 0 spiro atoms. The molecule has 2 unspecified atom stereocenters. The maximum absolute atomic E-state index is 12.1. The van der Waals surface area contributed by atoms with Crippen molar-refractivity contribution >= 4 is 17.8 Å². The third-order valence-electron chi connectivity index (χ3n) is 4.25. The van der Waals surface area contributed by atoms with Gasteiger partial charge in [-0.05, 0) is 19.8 Å². The van der Waals surface area contributed by atoms with Crippen LogP contribution in [0, 0.1) is 11.3 Å². The summed E-state index contributed by atoms with van der Waals surface area (Å²) in [6, 6.07) is 0. The van der Waals surface area contributed by atoms with Crippen molar-refractivity contribution in [2.75, 3.05) is 6.54 Å². The highest BCUT2D eigenvalue weighted by atomic mass is 16.4. The summed E-state index contributed by atoms with van der Waals surface area (Å²) >= 11 is 0. The summed E-state index contributed by atoms with van der Waals surface area (Å²) in [5.74, 6) is -1.73. The van der Waals surface area contributed by atoms with Gasteiger partial charge in [-0.1, -0.05) is 33.6 Å². The van der Waals surface area contributed by atoms with Gasteiger partial charge in [0, 0.05) is 18.4 Å². The van der Waals surface area contributed by atoms with Crippen molar-refractivity contribution in [3.05, 3.63) is 0 Å². The maximum atomic E-state index is 12.1. The predicted molar refractivity (Wildman–Crippen MR) is 83.2 cm³/mol. The molecule has 0 radical (unpaired) electrons. The minimum atomic E-state index is -0.858. The van der Waals surface area contributed by atoms with Crippen molar-refractivity contribution in [1.82, 2.24) is 10.6 Å². The van der Waals surface area contributed by atoms with E-state index in [-0.39, 0.29) is 24.8 Å². The number of rotatable bonds is 5. The summed E-state index contributed by atoms with van der Waals surface area (Å²) in [6.07, 6.45) is 3.21. The minimum absolute atomic E-state index is 0.104. The number of carboxylic acid groups (broad SMARTS) is 1. The first-order chi connectivity index (χ1) is 10.1. The topological polar surface area (TPSA) is 95.5 Å². The molecule has 2 amide bonds. The van der Waals surface area contributed by atoms with Crippen molar-refractivity contribution in [2.24, 2.45) is 11.3 Å². The van der Waals surface area contributed by atoms with E-state index in [1.54, 1.807) is 6.92 Å². The second-order valence-corrected chi connectivity index (χ2v) is 7.36. The highest BCUT2D eigenvalue weighted by Crippen LogP contribution is 2.33. The van der Waals surface area contributed by atoms with Gasteiger partial charge in [-0.2, -0.15) is 0 Å². The van der Waals surface area contributed by atoms with E-state index in [1.807, 2.05) is 20.8 Å². The number of hydrogen-bond donors (Lipinski definition) is 3. The van der Waals surface area contributed by atoms with Crippen molar-refractivity contribution in [1.29, 1.82) is 0 Å². The minimum Gasteiger partial charge on any atom is -0.481 e. The average molecular weight is 312 g/mol. The van der Waals surface area contributed by atoms with Crippen LogP contribution in [0.3, 0.4) is 0 Å². The molecule has 0 aliphatic heterocycles. The highest BCUT2D eigenvalue weighted by molar-refractivity contribution is 5.83. The molecule has 0 aromatic heterocycles. The SMILES string of the molecule is CC(C)(C)C(=O)NCCC(=O)NC1(C)CCCCC1C(=O)O. The molecule has 6 nitrogen and oxygen atoms in total. The van der Waals surface area contributed by atoms with Crippen LogP contribution >= 0.6 is 0 Å². The lowest BCUT2D eigenvalue weighted by molar-refractivity contribution is -0.146. The molecule has 126 valence electrons. The Balaban J connectivity index is 2.49. The van der Waals surface area contributed by atoms with Crippen LogP contribution in [-0.2, 0) is 14.4 Å². The molecular weight excluding hydrogens is 284 g/mol. The van der Waals surface area contributed by atoms with Crippen molar-refractivity contribution < 1.29 is 19.5 Å². The number of hydrogen-bond acceptors (Lipinski definition) is 3. The number of amides is 2. The van der Waals surface area contributed by atoms with E-state index < -0.39 is 22.8 Å². The number of carbonyl (C=O) groups is 3. The molecule has 0 heterocycles. The molecule has 1 saturated carbocycles. The molecule has 0 aromatic rings. The number of aliphatic carboxylic acids is 1. The van der Waals surface area contributed by atoms with Crippen molar-refractivity contribution in [3.63, 3.8) is 0 Å². The van der Waals surface area contributed by atoms with Gasteiger partial charge in [-0.3, -0.25) is 14.4 Å². The molecule has 0 aromatic carbocycles. The van der Waals surface area contributed by atoms with E-state index in [4.69, 9.17) is 0 Å². The number of nitrogens with one attached hydrogen (secondary N) is 2. The summed E-state index contributed by atoms with van der Waals surface area (Å²) in [5, 5.41) is 14.9. The van der Waals surface area contributed by atoms with Gasteiger partial charge in [0.15, 0.2) is 0 Å². The van der Waals surface area contributed by atoms with Crippen LogP contribution in [0.15, 0.2) is 0 Å². The first-order valence-corrected chi connectivity index (χ1v) is 7.88. The lowest BCUT2D eigenvalue weighted by atomic mass is 9.74. The zero-order chi connectivity index (χ0) is 17.0. The van der Waals surface area contributed by atoms with E-state index in [0.717, 1.165) is 12.8 Å². The van der Waals surface area contributed by atoms with Gasteiger partial charge in [0.2, 0.25) is 11.8 Å². The quantitative estimate of drug-likeness (QED) is 0.720. The molecule has 1 rings (SSSR count). The van der Waals surface area contributed by atoms with Crippen molar-refractivity contribution in [3.8, 4) is 0 Å². The number of carbonyl (C=O) groups excluding carboxylic acids is 2. The third-order valence-corrected chi connectivity index (χ3v) is 4.25. The van der Waals surface area contributed by atoms with E-state index in [9.17, 15) is 19.5 Å². The van der Waals surface area contributed by atoms with Crippen LogP contribution < -0.4 is 10.6 Å². The fraction of sp³-hybridized carbons (Fsp3) is 0.812. The van der Waals surface area contributed by atoms with Crippen LogP contribution in [-0.4, -0.2) is 35.0 Å². The van der Waals surface area contributed by atoms with Crippen LogP contribution in [0.25, 0.3) is 0 Å². The van der Waals surface area contributed by atoms with Gasteiger partial charge < -0.3 is 15.7 Å². The van der Waals surface area contributed by atoms with E-state index >= 15 is 0 Å². The molecular formula is C16H28N2O4. The summed E-state index contributed by atoms with van der Waals surface area (Å²) in [6.45, 7) is 7.49. The summed E-state index contributed by atoms with van der Waals surface area (Å²) in [7, 11) is 0. The van der Waals surface area contributed by atoms with E-state index in [2.05, 4.69) is 10.6 Å². The molecule has 0 saturated heterocycles. The first-order valence-electron chi connectivity index (χ1n) is 7.88. The lowest BCUT2D eigenvalue weighted by Gasteiger charge is -2.39. The Morgan fingerprint density at radius 1 is 1.23 bits per heavy atom. The van der Waals surface area contributed by atoms with Crippen molar-refractivity contribution in [2.45, 2.75) is 65.3 Å². The molecule has 6 heteroatoms. The Bertz CT molecular complexity index is 442. The Morgan fingerprint density at radius 2 is 1.86 bits per heavy atom. The van der Waals surface area contributed by atoms with Crippen LogP contribution in [0.5, 0.6) is 0 Å². The average Bonchev–Trinajstić information content (AvgIpc) is 2.36. The van der Waals surface area contributed by atoms with Crippen LogP contribution in [0.4, 0.5) is 0 Å². The molecule has 0 bridgehead atoms. The second-order valence-electron chi connectivity index (χ2n) is 7.36. The molecule has 1 fully saturated rings. The standard InChI is InChI=1S/C16H28N2O4/c1-15(2,3)14(22)17-10-8-12(19)18-16(4)9-6-5-7-11(16)13(20)21/h11H,5-10H2,1-4H3,(H,17,22)(H,18,19)(H,20,21). The Labute approximate surface area is 132 Å². The van der Waals surface area contributed by atoms with Gasteiger partial charge in [-0.25, -0.2) is 0 Å². The van der Waals surface area contributed by atoms with Gasteiger partial charge in [-0.15, -0.1) is 0 Å². The third kappa shape index (κ3) is 5.00. The second kappa shape index (κ2) is 7.11. The first kappa shape index (κ1) is 18.5. The van der Waals surface area contributed by atoms with Crippen LogP contribution in [0.1, 0.15) is 59.8 Å². The Morgan fingerprint density at radius 3 is 2.41 bits per heavy atom. The van der Waals surface area contributed by atoms with Gasteiger partial charge in [0.1, 0.15) is 0 Å². The maximum Gasteiger partial charge on any atom is 0.308 e. The zero-order valence-corrected chi connectivity index (χ0v) is 14.0. The van der Waals surface area contributed by atoms with Crippen LogP contribution in [0.2, 0.25) is 0 Å². The summed E-state index contributed by atoms with van der Waals surface area (Å²) in [5.41, 5.74) is -1.19. The molecule has 2 atom stereocenters. The van der Waals surface area contributed by atoms with Gasteiger partial charge >= 0.3 is 5.97 Å². The normalized spacial score (nSPS) is 25.4. The summed E-state index contributed by atoms with van der Waals surface area (Å²) in [4.78, 5) is 35.1. The fourth-order valence-electron chi connectivity index (χ4n) is 2.81. The summed E-state index contributed by atoms with van der Waals surface area (Å²) < 4.78 is 0. The fourth-order valence-corrected chi connectivity index (χ4v) is 2.81. The predicted octanol–water partition coefficient (Wildman–Crippen LogP) is 1.69. The van der Waals surface area contributed by atoms with E-state index in [0.29, 0.717) is 12.8 Å². The number of carboxylic acids is 1. The van der Waals surface area contributed by atoms with E-state index in [1.165, 1.54) is 0 Å². The molecule has 1 aliphatic carbocycles. The smallest absolute Gasteiger partial charge is 0.308 e. The Kier molecular flexibility index (Phi) is 5.97. The Hall–Kier alpha value is -1.59. The van der Waals surface area contributed by atoms with Gasteiger partial charge in [0.05, 0.1) is 11.5 Å². The zero-order valence-electron chi connectivity index (χ0n) is 14.0. The lowest BCUT2D eigenvalue weighted by Crippen LogP contribution is -2.55. The highest BCUT2D eigenvalue weighted by Gasteiger charge is 2.42. The molecule has 1 aliphatic rings.